The SMILES string of the molecule is CCCNCc1cccc(SCc2csc(C(C)C)n2)c1. The van der Waals surface area contributed by atoms with E-state index in [1.807, 2.05) is 11.8 Å². The average molecular weight is 321 g/mol. The molecule has 0 spiro atoms. The molecule has 0 fully saturated rings. The lowest BCUT2D eigenvalue weighted by atomic mass is 10.2. The van der Waals surface area contributed by atoms with Crippen molar-refractivity contribution < 1.29 is 0 Å². The van der Waals surface area contributed by atoms with Gasteiger partial charge in [0, 0.05) is 28.5 Å². The summed E-state index contributed by atoms with van der Waals surface area (Å²) >= 11 is 3.64. The van der Waals surface area contributed by atoms with Crippen molar-refractivity contribution in [2.24, 2.45) is 0 Å². The third-order valence-electron chi connectivity index (χ3n) is 3.10. The molecule has 2 aromatic rings. The molecule has 1 N–H and O–H groups in total. The van der Waals surface area contributed by atoms with Gasteiger partial charge in [-0.1, -0.05) is 32.9 Å². The van der Waals surface area contributed by atoms with Crippen LogP contribution in [0, 0.1) is 0 Å². The molecule has 0 atom stereocenters. The van der Waals surface area contributed by atoms with E-state index >= 15 is 0 Å². The largest absolute Gasteiger partial charge is 0.313 e. The van der Waals surface area contributed by atoms with Gasteiger partial charge in [-0.2, -0.15) is 0 Å². The number of benzene rings is 1. The normalized spacial score (nSPS) is 11.2. The fourth-order valence-corrected chi connectivity index (χ4v) is 3.78. The summed E-state index contributed by atoms with van der Waals surface area (Å²) in [5.74, 6) is 1.48. The van der Waals surface area contributed by atoms with E-state index < -0.39 is 0 Å². The zero-order valence-corrected chi connectivity index (χ0v) is 14.7. The van der Waals surface area contributed by atoms with Crippen LogP contribution in [0.4, 0.5) is 0 Å². The zero-order valence-electron chi connectivity index (χ0n) is 13.1. The number of aromatic nitrogens is 1. The number of rotatable bonds is 8. The third kappa shape index (κ3) is 5.46. The number of thioether (sulfide) groups is 1. The minimum absolute atomic E-state index is 0.529. The molecule has 0 aliphatic carbocycles. The highest BCUT2D eigenvalue weighted by atomic mass is 32.2. The Balaban J connectivity index is 1.88. The van der Waals surface area contributed by atoms with Crippen molar-refractivity contribution in [2.75, 3.05) is 6.54 Å². The lowest BCUT2D eigenvalue weighted by Crippen LogP contribution is -2.13. The summed E-state index contributed by atoms with van der Waals surface area (Å²) in [5, 5.41) is 6.88. The van der Waals surface area contributed by atoms with Crippen LogP contribution in [0.2, 0.25) is 0 Å². The second kappa shape index (κ2) is 8.57. The molecule has 4 heteroatoms. The Kier molecular flexibility index (Phi) is 6.74. The van der Waals surface area contributed by atoms with Crippen LogP contribution in [0.5, 0.6) is 0 Å². The summed E-state index contributed by atoms with van der Waals surface area (Å²) in [6, 6.07) is 8.80. The molecule has 0 amide bonds. The summed E-state index contributed by atoms with van der Waals surface area (Å²) in [4.78, 5) is 6.02. The van der Waals surface area contributed by atoms with E-state index in [9.17, 15) is 0 Å². The van der Waals surface area contributed by atoms with Crippen LogP contribution in [0.3, 0.4) is 0 Å². The predicted molar refractivity (Wildman–Crippen MR) is 94.2 cm³/mol. The molecule has 0 aliphatic rings. The monoisotopic (exact) mass is 320 g/mol. The van der Waals surface area contributed by atoms with Gasteiger partial charge in [-0.25, -0.2) is 4.98 Å². The van der Waals surface area contributed by atoms with Gasteiger partial charge in [0.05, 0.1) is 10.7 Å². The molecule has 2 nitrogen and oxygen atoms in total. The van der Waals surface area contributed by atoms with E-state index in [1.54, 1.807) is 11.3 Å². The van der Waals surface area contributed by atoms with E-state index in [0.29, 0.717) is 5.92 Å². The number of hydrogen-bond acceptors (Lipinski definition) is 4. The van der Waals surface area contributed by atoms with Crippen molar-refractivity contribution in [3.63, 3.8) is 0 Å². The van der Waals surface area contributed by atoms with Crippen molar-refractivity contribution in [1.29, 1.82) is 0 Å². The van der Waals surface area contributed by atoms with Crippen LogP contribution in [0.1, 0.15) is 49.4 Å². The van der Waals surface area contributed by atoms with Crippen LogP contribution in [-0.4, -0.2) is 11.5 Å². The van der Waals surface area contributed by atoms with E-state index in [1.165, 1.54) is 27.6 Å². The van der Waals surface area contributed by atoms with E-state index in [2.05, 4.69) is 55.7 Å². The molecule has 0 radical (unpaired) electrons. The van der Waals surface area contributed by atoms with Gasteiger partial charge >= 0.3 is 0 Å². The molecule has 0 bridgehead atoms. The standard InChI is InChI=1S/C17H24N2S2/c1-4-8-18-10-14-6-5-7-16(9-14)20-11-15-12-21-17(19-15)13(2)3/h5-7,9,12-13,18H,4,8,10-11H2,1-3H3. The molecule has 114 valence electrons. The van der Waals surface area contributed by atoms with Crippen LogP contribution >= 0.6 is 23.1 Å². The van der Waals surface area contributed by atoms with Crippen LogP contribution in [0.15, 0.2) is 34.5 Å². The Labute approximate surface area is 136 Å². The van der Waals surface area contributed by atoms with Gasteiger partial charge in [-0.05, 0) is 30.7 Å². The molecule has 1 heterocycles. The van der Waals surface area contributed by atoms with Gasteiger partial charge in [-0.3, -0.25) is 0 Å². The zero-order chi connectivity index (χ0) is 15.1. The van der Waals surface area contributed by atoms with Crippen LogP contribution in [-0.2, 0) is 12.3 Å². The van der Waals surface area contributed by atoms with Gasteiger partial charge in [0.2, 0.25) is 0 Å². The lowest BCUT2D eigenvalue weighted by molar-refractivity contribution is 0.674. The van der Waals surface area contributed by atoms with E-state index in [0.717, 1.165) is 18.8 Å². The maximum atomic E-state index is 4.69. The van der Waals surface area contributed by atoms with E-state index in [-0.39, 0.29) is 0 Å². The maximum Gasteiger partial charge on any atom is 0.0954 e. The topological polar surface area (TPSA) is 24.9 Å². The van der Waals surface area contributed by atoms with Crippen molar-refractivity contribution in [2.45, 2.75) is 50.3 Å². The predicted octanol–water partition coefficient (Wildman–Crippen LogP) is 5.06. The smallest absolute Gasteiger partial charge is 0.0954 e. The molecule has 21 heavy (non-hydrogen) atoms. The molecule has 0 saturated heterocycles. The maximum absolute atomic E-state index is 4.69. The van der Waals surface area contributed by atoms with Crippen LogP contribution < -0.4 is 5.32 Å². The van der Waals surface area contributed by atoms with Crippen molar-refractivity contribution >= 4 is 23.1 Å². The first-order chi connectivity index (χ1) is 10.2. The fourth-order valence-electron chi connectivity index (χ4n) is 1.97. The second-order valence-corrected chi connectivity index (χ2v) is 7.38. The third-order valence-corrected chi connectivity index (χ3v) is 5.33. The highest BCUT2D eigenvalue weighted by Gasteiger charge is 2.06. The van der Waals surface area contributed by atoms with Gasteiger partial charge < -0.3 is 5.32 Å². The summed E-state index contributed by atoms with van der Waals surface area (Å²) in [7, 11) is 0. The van der Waals surface area contributed by atoms with Crippen molar-refractivity contribution in [3.05, 3.63) is 45.9 Å². The van der Waals surface area contributed by atoms with Gasteiger partial charge in [0.15, 0.2) is 0 Å². The number of thiazole rings is 1. The number of nitrogens with zero attached hydrogens (tertiary/aromatic N) is 1. The lowest BCUT2D eigenvalue weighted by Gasteiger charge is -2.06. The van der Waals surface area contributed by atoms with Gasteiger partial charge in [0.1, 0.15) is 0 Å². The molecule has 0 unspecified atom stereocenters. The summed E-state index contributed by atoms with van der Waals surface area (Å²) < 4.78 is 0. The minimum Gasteiger partial charge on any atom is -0.313 e. The number of hydrogen-bond donors (Lipinski definition) is 1. The first kappa shape index (κ1) is 16.5. The summed E-state index contributed by atoms with van der Waals surface area (Å²) in [5.41, 5.74) is 2.55. The number of nitrogens with one attached hydrogen (secondary N) is 1. The first-order valence-electron chi connectivity index (χ1n) is 7.55. The van der Waals surface area contributed by atoms with Crippen molar-refractivity contribution in [3.8, 4) is 0 Å². The van der Waals surface area contributed by atoms with Gasteiger partial charge in [-0.15, -0.1) is 23.1 Å². The Morgan fingerprint density at radius 2 is 2.19 bits per heavy atom. The Hall–Kier alpha value is -0.840. The molecular formula is C17H24N2S2. The van der Waals surface area contributed by atoms with E-state index in [4.69, 9.17) is 4.98 Å². The highest BCUT2D eigenvalue weighted by molar-refractivity contribution is 7.98. The van der Waals surface area contributed by atoms with Gasteiger partial charge in [0.25, 0.3) is 0 Å². The second-order valence-electron chi connectivity index (χ2n) is 5.44. The molecule has 0 aliphatic heterocycles. The Morgan fingerprint density at radius 1 is 1.33 bits per heavy atom. The Bertz CT molecular complexity index is 549. The van der Waals surface area contributed by atoms with Crippen LogP contribution in [0.25, 0.3) is 0 Å². The summed E-state index contributed by atoms with van der Waals surface area (Å²) in [6.07, 6.45) is 1.18. The summed E-state index contributed by atoms with van der Waals surface area (Å²) in [6.45, 7) is 8.62. The van der Waals surface area contributed by atoms with Crippen molar-refractivity contribution in [1.82, 2.24) is 10.3 Å². The fraction of sp³-hybridized carbons (Fsp3) is 0.471. The molecule has 1 aromatic heterocycles. The quantitative estimate of drug-likeness (QED) is 0.543. The highest BCUT2D eigenvalue weighted by Crippen LogP contribution is 2.26. The Morgan fingerprint density at radius 3 is 2.90 bits per heavy atom. The average Bonchev–Trinajstić information content (AvgIpc) is 2.95. The minimum atomic E-state index is 0.529. The molecule has 0 saturated carbocycles. The molecule has 1 aromatic carbocycles. The first-order valence-corrected chi connectivity index (χ1v) is 9.42. The molecule has 2 rings (SSSR count). The molecular weight excluding hydrogens is 296 g/mol.